The molecule has 3 N–H and O–H groups in total. The van der Waals surface area contributed by atoms with Gasteiger partial charge in [0.15, 0.2) is 0 Å². The zero-order chi connectivity index (χ0) is 15.4. The Labute approximate surface area is 130 Å². The molecule has 21 heavy (non-hydrogen) atoms. The number of benzene rings is 1. The number of nitrogens with one attached hydrogen (secondary N) is 1. The highest BCUT2D eigenvalue weighted by Gasteiger charge is 2.23. The Bertz CT molecular complexity index is 591. The molecule has 1 aromatic heterocycles. The van der Waals surface area contributed by atoms with E-state index in [1.165, 1.54) is 0 Å². The van der Waals surface area contributed by atoms with E-state index in [1.54, 1.807) is 13.3 Å². The Morgan fingerprint density at radius 3 is 2.62 bits per heavy atom. The molecule has 1 atom stereocenters. The van der Waals surface area contributed by atoms with Gasteiger partial charge in [0.1, 0.15) is 0 Å². The first-order valence-corrected chi connectivity index (χ1v) is 7.20. The molecular formula is C15H21ClN4O. The number of hydrogen-bond acceptors (Lipinski definition) is 4. The first kappa shape index (κ1) is 16.0. The molecule has 0 bridgehead atoms. The monoisotopic (exact) mass is 308 g/mol. The minimum atomic E-state index is -0.210. The molecule has 5 nitrogen and oxygen atoms in total. The van der Waals surface area contributed by atoms with Gasteiger partial charge in [-0.15, -0.1) is 0 Å². The number of ether oxygens (including phenoxy) is 1. The summed E-state index contributed by atoms with van der Waals surface area (Å²) in [5.74, 6) is 5.82. The Morgan fingerprint density at radius 1 is 1.38 bits per heavy atom. The number of hydrogen-bond donors (Lipinski definition) is 2. The highest BCUT2D eigenvalue weighted by Crippen LogP contribution is 2.31. The predicted molar refractivity (Wildman–Crippen MR) is 84.2 cm³/mol. The van der Waals surface area contributed by atoms with Crippen LogP contribution in [-0.2, 0) is 11.3 Å². The van der Waals surface area contributed by atoms with Gasteiger partial charge < -0.3 is 4.74 Å². The summed E-state index contributed by atoms with van der Waals surface area (Å²) < 4.78 is 6.96. The number of methoxy groups -OCH3 is 1. The highest BCUT2D eigenvalue weighted by molar-refractivity contribution is 6.31. The van der Waals surface area contributed by atoms with Crippen molar-refractivity contribution in [2.45, 2.75) is 26.4 Å². The van der Waals surface area contributed by atoms with Crippen LogP contribution in [0.1, 0.15) is 28.4 Å². The SMILES string of the molecule is COCCn1ncc(Cl)c1C(NN)c1c(C)cccc1C. The second kappa shape index (κ2) is 7.04. The molecule has 0 aliphatic carbocycles. The fraction of sp³-hybridized carbons (Fsp3) is 0.400. The van der Waals surface area contributed by atoms with Crippen LogP contribution < -0.4 is 11.3 Å². The van der Waals surface area contributed by atoms with Gasteiger partial charge in [0.05, 0.1) is 36.1 Å². The van der Waals surface area contributed by atoms with Crippen LogP contribution in [0.2, 0.25) is 5.02 Å². The minimum absolute atomic E-state index is 0.210. The summed E-state index contributed by atoms with van der Waals surface area (Å²) in [5.41, 5.74) is 7.18. The molecule has 2 aromatic rings. The Hall–Kier alpha value is -1.40. The summed E-state index contributed by atoms with van der Waals surface area (Å²) in [5, 5.41) is 4.91. The third-order valence-corrected chi connectivity index (χ3v) is 3.90. The zero-order valence-corrected chi connectivity index (χ0v) is 13.3. The van der Waals surface area contributed by atoms with Crippen LogP contribution in [0.5, 0.6) is 0 Å². The van der Waals surface area contributed by atoms with Crippen LogP contribution >= 0.6 is 11.6 Å². The lowest BCUT2D eigenvalue weighted by molar-refractivity contribution is 0.182. The van der Waals surface area contributed by atoms with Crippen LogP contribution in [0.4, 0.5) is 0 Å². The highest BCUT2D eigenvalue weighted by atomic mass is 35.5. The summed E-state index contributed by atoms with van der Waals surface area (Å²) in [6.07, 6.45) is 1.64. The molecule has 0 saturated heterocycles. The topological polar surface area (TPSA) is 65.1 Å². The quantitative estimate of drug-likeness (QED) is 0.635. The first-order chi connectivity index (χ1) is 10.1. The third kappa shape index (κ3) is 3.27. The van der Waals surface area contributed by atoms with Crippen molar-refractivity contribution >= 4 is 11.6 Å². The molecule has 0 spiro atoms. The Morgan fingerprint density at radius 2 is 2.05 bits per heavy atom. The van der Waals surface area contributed by atoms with E-state index in [9.17, 15) is 0 Å². The summed E-state index contributed by atoms with van der Waals surface area (Å²) in [4.78, 5) is 0. The molecule has 0 saturated carbocycles. The van der Waals surface area contributed by atoms with Crippen molar-refractivity contribution in [1.29, 1.82) is 0 Å². The van der Waals surface area contributed by atoms with Gasteiger partial charge in [0, 0.05) is 7.11 Å². The van der Waals surface area contributed by atoms with E-state index in [0.29, 0.717) is 18.2 Å². The summed E-state index contributed by atoms with van der Waals surface area (Å²) in [6.45, 7) is 5.32. The maximum Gasteiger partial charge on any atom is 0.0898 e. The average Bonchev–Trinajstić information content (AvgIpc) is 2.82. The Balaban J connectivity index is 2.49. The van der Waals surface area contributed by atoms with Crippen molar-refractivity contribution in [3.8, 4) is 0 Å². The molecular weight excluding hydrogens is 288 g/mol. The number of aryl methyl sites for hydroxylation is 2. The number of nitrogens with two attached hydrogens (primary N) is 1. The van der Waals surface area contributed by atoms with E-state index >= 15 is 0 Å². The predicted octanol–water partition coefficient (Wildman–Crippen LogP) is 2.35. The van der Waals surface area contributed by atoms with Gasteiger partial charge in [0.2, 0.25) is 0 Å². The number of aromatic nitrogens is 2. The first-order valence-electron chi connectivity index (χ1n) is 6.82. The minimum Gasteiger partial charge on any atom is -0.383 e. The van der Waals surface area contributed by atoms with Crippen LogP contribution in [0.15, 0.2) is 24.4 Å². The van der Waals surface area contributed by atoms with Crippen molar-refractivity contribution in [3.05, 3.63) is 51.8 Å². The second-order valence-electron chi connectivity index (χ2n) is 5.00. The molecule has 0 aliphatic rings. The van der Waals surface area contributed by atoms with Gasteiger partial charge in [0.25, 0.3) is 0 Å². The molecule has 6 heteroatoms. The largest absolute Gasteiger partial charge is 0.383 e. The van der Waals surface area contributed by atoms with Crippen molar-refractivity contribution < 1.29 is 4.74 Å². The lowest BCUT2D eigenvalue weighted by Crippen LogP contribution is -2.32. The molecule has 1 unspecified atom stereocenters. The van der Waals surface area contributed by atoms with E-state index in [-0.39, 0.29) is 6.04 Å². The van der Waals surface area contributed by atoms with E-state index < -0.39 is 0 Å². The van der Waals surface area contributed by atoms with Crippen LogP contribution in [0.25, 0.3) is 0 Å². The van der Waals surface area contributed by atoms with Crippen LogP contribution in [0, 0.1) is 13.8 Å². The molecule has 0 radical (unpaired) electrons. The number of rotatable bonds is 6. The maximum absolute atomic E-state index is 6.33. The second-order valence-corrected chi connectivity index (χ2v) is 5.41. The van der Waals surface area contributed by atoms with Gasteiger partial charge in [-0.3, -0.25) is 10.5 Å². The lowest BCUT2D eigenvalue weighted by Gasteiger charge is -2.22. The zero-order valence-electron chi connectivity index (χ0n) is 12.6. The third-order valence-electron chi connectivity index (χ3n) is 3.61. The standard InChI is InChI=1S/C15H21ClN4O/c1-10-5-4-6-11(2)13(10)14(19-17)15-12(16)9-18-20(15)7-8-21-3/h4-6,9,14,19H,7-8,17H2,1-3H3. The van der Waals surface area contributed by atoms with Gasteiger partial charge >= 0.3 is 0 Å². The van der Waals surface area contributed by atoms with Crippen molar-refractivity contribution in [3.63, 3.8) is 0 Å². The number of hydrazine groups is 1. The molecule has 1 aromatic carbocycles. The molecule has 0 fully saturated rings. The smallest absolute Gasteiger partial charge is 0.0898 e. The average molecular weight is 309 g/mol. The number of nitrogens with zero attached hydrogens (tertiary/aromatic N) is 2. The summed E-state index contributed by atoms with van der Waals surface area (Å²) in [6, 6.07) is 5.95. The molecule has 0 aliphatic heterocycles. The van der Waals surface area contributed by atoms with Crippen molar-refractivity contribution in [1.82, 2.24) is 15.2 Å². The van der Waals surface area contributed by atoms with E-state index in [1.807, 2.05) is 10.7 Å². The van der Waals surface area contributed by atoms with Gasteiger partial charge in [-0.25, -0.2) is 5.43 Å². The molecule has 0 amide bonds. The number of halogens is 1. The summed E-state index contributed by atoms with van der Waals surface area (Å²) in [7, 11) is 1.66. The van der Waals surface area contributed by atoms with E-state index in [2.05, 4.69) is 36.5 Å². The lowest BCUT2D eigenvalue weighted by atomic mass is 9.94. The van der Waals surface area contributed by atoms with Gasteiger partial charge in [-0.05, 0) is 30.5 Å². The fourth-order valence-electron chi connectivity index (χ4n) is 2.60. The van der Waals surface area contributed by atoms with E-state index in [0.717, 1.165) is 22.4 Å². The molecule has 114 valence electrons. The summed E-state index contributed by atoms with van der Waals surface area (Å²) >= 11 is 6.33. The van der Waals surface area contributed by atoms with Crippen LogP contribution in [0.3, 0.4) is 0 Å². The van der Waals surface area contributed by atoms with E-state index in [4.69, 9.17) is 22.2 Å². The van der Waals surface area contributed by atoms with Crippen molar-refractivity contribution in [2.24, 2.45) is 5.84 Å². The Kier molecular flexibility index (Phi) is 5.36. The normalized spacial score (nSPS) is 12.6. The molecule has 2 rings (SSSR count). The van der Waals surface area contributed by atoms with Crippen LogP contribution in [-0.4, -0.2) is 23.5 Å². The maximum atomic E-state index is 6.33. The van der Waals surface area contributed by atoms with Gasteiger partial charge in [-0.2, -0.15) is 5.10 Å². The fourth-order valence-corrected chi connectivity index (χ4v) is 2.85. The van der Waals surface area contributed by atoms with Crippen molar-refractivity contribution in [2.75, 3.05) is 13.7 Å². The van der Waals surface area contributed by atoms with Gasteiger partial charge in [-0.1, -0.05) is 29.8 Å². The molecule has 1 heterocycles.